The van der Waals surface area contributed by atoms with E-state index in [2.05, 4.69) is 11.8 Å². The average Bonchev–Trinajstić information content (AvgIpc) is 2.42. The molecule has 1 atom stereocenters. The van der Waals surface area contributed by atoms with E-state index < -0.39 is 5.97 Å². The molecule has 0 aromatic heterocycles. The first-order chi connectivity index (χ1) is 9.15. The van der Waals surface area contributed by atoms with Gasteiger partial charge >= 0.3 is 5.97 Å². The summed E-state index contributed by atoms with van der Waals surface area (Å²) >= 11 is 0. The molecule has 0 heterocycles. The van der Waals surface area contributed by atoms with Gasteiger partial charge < -0.3 is 5.11 Å². The van der Waals surface area contributed by atoms with E-state index in [0.29, 0.717) is 6.04 Å². The third kappa shape index (κ3) is 6.42. The van der Waals surface area contributed by atoms with Gasteiger partial charge in [0.15, 0.2) is 0 Å². The topological polar surface area (TPSA) is 40.5 Å². The Morgan fingerprint density at radius 2 is 1.89 bits per heavy atom. The molecule has 1 aliphatic carbocycles. The summed E-state index contributed by atoms with van der Waals surface area (Å²) in [6.45, 7) is 5.88. The largest absolute Gasteiger partial charge is 0.481 e. The van der Waals surface area contributed by atoms with Gasteiger partial charge in [0.05, 0.1) is 5.92 Å². The number of hydrogen-bond acceptors (Lipinski definition) is 2. The van der Waals surface area contributed by atoms with Crippen LogP contribution in [0.25, 0.3) is 0 Å². The summed E-state index contributed by atoms with van der Waals surface area (Å²) in [5, 5.41) is 9.11. The lowest BCUT2D eigenvalue weighted by Gasteiger charge is -2.35. The summed E-state index contributed by atoms with van der Waals surface area (Å²) in [5.41, 5.74) is 0. The maximum absolute atomic E-state index is 11.1. The zero-order valence-electron chi connectivity index (χ0n) is 12.7. The second kappa shape index (κ2) is 9.35. The van der Waals surface area contributed by atoms with Crippen molar-refractivity contribution >= 4 is 5.97 Å². The van der Waals surface area contributed by atoms with Crippen LogP contribution >= 0.6 is 0 Å². The highest BCUT2D eigenvalue weighted by atomic mass is 16.4. The molecule has 1 rings (SSSR count). The van der Waals surface area contributed by atoms with E-state index in [1.54, 1.807) is 0 Å². The lowest BCUT2D eigenvalue weighted by atomic mass is 9.93. The van der Waals surface area contributed by atoms with Gasteiger partial charge in [-0.15, -0.1) is 0 Å². The number of carbonyl (C=O) groups is 1. The van der Waals surface area contributed by atoms with Crippen LogP contribution in [0.15, 0.2) is 0 Å². The van der Waals surface area contributed by atoms with Crippen molar-refractivity contribution < 1.29 is 9.90 Å². The van der Waals surface area contributed by atoms with Crippen LogP contribution in [0.3, 0.4) is 0 Å². The first-order valence-corrected chi connectivity index (χ1v) is 8.12. The Hall–Kier alpha value is -0.570. The van der Waals surface area contributed by atoms with E-state index in [0.717, 1.165) is 13.1 Å². The van der Waals surface area contributed by atoms with Crippen LogP contribution < -0.4 is 0 Å². The van der Waals surface area contributed by atoms with Crippen LogP contribution in [0.4, 0.5) is 0 Å². The summed E-state index contributed by atoms with van der Waals surface area (Å²) in [4.78, 5) is 13.5. The fourth-order valence-corrected chi connectivity index (χ4v) is 3.04. The minimum absolute atomic E-state index is 0.242. The third-order valence-electron chi connectivity index (χ3n) is 4.32. The Balaban J connectivity index is 2.43. The number of carboxylic acid groups (broad SMARTS) is 1. The summed E-state index contributed by atoms with van der Waals surface area (Å²) < 4.78 is 0. The highest BCUT2D eigenvalue weighted by molar-refractivity contribution is 5.69. The summed E-state index contributed by atoms with van der Waals surface area (Å²) in [7, 11) is 0. The van der Waals surface area contributed by atoms with Gasteiger partial charge in [-0.25, -0.2) is 0 Å². The molecule has 1 saturated carbocycles. The van der Waals surface area contributed by atoms with E-state index >= 15 is 0 Å². The molecule has 3 heteroatoms. The maximum atomic E-state index is 11.1. The smallest absolute Gasteiger partial charge is 0.307 e. The molecule has 0 spiro atoms. The van der Waals surface area contributed by atoms with Gasteiger partial charge in [-0.3, -0.25) is 9.69 Å². The molecule has 3 nitrogen and oxygen atoms in total. The minimum atomic E-state index is -0.658. The number of unbranched alkanes of at least 4 members (excludes halogenated alkanes) is 3. The first kappa shape index (κ1) is 16.5. The Labute approximate surface area is 118 Å². The Morgan fingerprint density at radius 1 is 1.21 bits per heavy atom. The van der Waals surface area contributed by atoms with Crippen molar-refractivity contribution in [3.63, 3.8) is 0 Å². The quantitative estimate of drug-likeness (QED) is 0.645. The molecule has 0 saturated heterocycles. The molecule has 112 valence electrons. The predicted octanol–water partition coefficient (Wildman–Crippen LogP) is 3.92. The van der Waals surface area contributed by atoms with Gasteiger partial charge in [0.25, 0.3) is 0 Å². The Morgan fingerprint density at radius 3 is 2.47 bits per heavy atom. The third-order valence-corrected chi connectivity index (χ3v) is 4.32. The van der Waals surface area contributed by atoms with E-state index in [1.807, 2.05) is 6.92 Å². The number of rotatable bonds is 9. The molecule has 0 aliphatic heterocycles. The van der Waals surface area contributed by atoms with Crippen molar-refractivity contribution in [2.75, 3.05) is 13.1 Å². The number of carboxylic acids is 1. The van der Waals surface area contributed by atoms with Crippen molar-refractivity contribution in [1.29, 1.82) is 0 Å². The standard InChI is InChI=1S/C16H31NO2/c1-3-4-5-9-12-17(13-14(2)16(18)19)15-10-7-6-8-11-15/h14-15H,3-13H2,1-2H3,(H,18,19). The molecule has 0 amide bonds. The fraction of sp³-hybridized carbons (Fsp3) is 0.938. The predicted molar refractivity (Wildman–Crippen MR) is 79.4 cm³/mol. The van der Waals surface area contributed by atoms with Gasteiger partial charge in [-0.1, -0.05) is 52.4 Å². The zero-order chi connectivity index (χ0) is 14.1. The SMILES string of the molecule is CCCCCCN(CC(C)C(=O)O)C1CCCCC1. The van der Waals surface area contributed by atoms with Gasteiger partial charge in [0, 0.05) is 12.6 Å². The van der Waals surface area contributed by atoms with Crippen LogP contribution in [0.5, 0.6) is 0 Å². The second-order valence-corrected chi connectivity index (χ2v) is 6.09. The van der Waals surface area contributed by atoms with E-state index in [9.17, 15) is 4.79 Å². The number of nitrogens with zero attached hydrogens (tertiary/aromatic N) is 1. The van der Waals surface area contributed by atoms with E-state index in [4.69, 9.17) is 5.11 Å². The molecule has 0 aromatic rings. The molecule has 1 unspecified atom stereocenters. The molecule has 0 radical (unpaired) electrons. The maximum Gasteiger partial charge on any atom is 0.307 e. The highest BCUT2D eigenvalue weighted by Crippen LogP contribution is 2.24. The van der Waals surface area contributed by atoms with Crippen LogP contribution in [0.1, 0.15) is 71.6 Å². The highest BCUT2D eigenvalue weighted by Gasteiger charge is 2.24. The molecule has 1 fully saturated rings. The van der Waals surface area contributed by atoms with Crippen molar-refractivity contribution in [2.45, 2.75) is 77.7 Å². The van der Waals surface area contributed by atoms with Gasteiger partial charge in [0.2, 0.25) is 0 Å². The van der Waals surface area contributed by atoms with Crippen molar-refractivity contribution in [1.82, 2.24) is 4.90 Å². The Bertz CT molecular complexity index is 249. The Kier molecular flexibility index (Phi) is 8.11. The summed E-state index contributed by atoms with van der Waals surface area (Å²) in [6, 6.07) is 0.636. The first-order valence-electron chi connectivity index (χ1n) is 8.12. The molecule has 19 heavy (non-hydrogen) atoms. The second-order valence-electron chi connectivity index (χ2n) is 6.09. The van der Waals surface area contributed by atoms with Gasteiger partial charge in [-0.05, 0) is 25.8 Å². The fourth-order valence-electron chi connectivity index (χ4n) is 3.04. The number of hydrogen-bond donors (Lipinski definition) is 1. The normalized spacial score (nSPS) is 18.7. The lowest BCUT2D eigenvalue weighted by Crippen LogP contribution is -2.41. The minimum Gasteiger partial charge on any atom is -0.481 e. The zero-order valence-corrected chi connectivity index (χ0v) is 12.7. The van der Waals surface area contributed by atoms with Crippen LogP contribution in [-0.4, -0.2) is 35.1 Å². The van der Waals surface area contributed by atoms with Crippen molar-refractivity contribution in [3.8, 4) is 0 Å². The molecule has 0 bridgehead atoms. The monoisotopic (exact) mass is 269 g/mol. The summed E-state index contributed by atoms with van der Waals surface area (Å²) in [5.74, 6) is -0.900. The van der Waals surface area contributed by atoms with Crippen molar-refractivity contribution in [2.24, 2.45) is 5.92 Å². The van der Waals surface area contributed by atoms with Gasteiger partial charge in [0.1, 0.15) is 0 Å². The van der Waals surface area contributed by atoms with E-state index in [1.165, 1.54) is 57.8 Å². The van der Waals surface area contributed by atoms with Crippen molar-refractivity contribution in [3.05, 3.63) is 0 Å². The van der Waals surface area contributed by atoms with E-state index in [-0.39, 0.29) is 5.92 Å². The number of aliphatic carboxylic acids is 1. The van der Waals surface area contributed by atoms with Crippen LogP contribution in [0, 0.1) is 5.92 Å². The molecular formula is C16H31NO2. The molecule has 0 aromatic carbocycles. The van der Waals surface area contributed by atoms with Crippen LogP contribution in [-0.2, 0) is 4.79 Å². The molecule has 1 N–H and O–H groups in total. The molecule has 1 aliphatic rings. The average molecular weight is 269 g/mol. The van der Waals surface area contributed by atoms with Crippen LogP contribution in [0.2, 0.25) is 0 Å². The molecular weight excluding hydrogens is 238 g/mol. The summed E-state index contributed by atoms with van der Waals surface area (Å²) in [6.07, 6.45) is 11.6. The van der Waals surface area contributed by atoms with Gasteiger partial charge in [-0.2, -0.15) is 0 Å². The lowest BCUT2D eigenvalue weighted by molar-refractivity contribution is -0.142.